The summed E-state index contributed by atoms with van der Waals surface area (Å²) in [7, 11) is 0. The zero-order valence-corrected chi connectivity index (χ0v) is 18.1. The van der Waals surface area contributed by atoms with Crippen LogP contribution < -0.4 is 10.9 Å². The van der Waals surface area contributed by atoms with Crippen LogP contribution in [0.1, 0.15) is 65.8 Å². The molecule has 150 valence electrons. The molecule has 1 saturated carbocycles. The summed E-state index contributed by atoms with van der Waals surface area (Å²) < 4.78 is 15.8. The van der Waals surface area contributed by atoms with Crippen LogP contribution in [0.4, 0.5) is 4.39 Å². The number of unbranched alkanes of at least 4 members (excludes halogenated alkanes) is 1. The highest BCUT2D eigenvalue weighted by Crippen LogP contribution is 2.41. The summed E-state index contributed by atoms with van der Waals surface area (Å²) in [5.41, 5.74) is 2.50. The number of aromatic nitrogens is 1. The molecule has 1 aliphatic carbocycles. The van der Waals surface area contributed by atoms with E-state index in [-0.39, 0.29) is 23.3 Å². The van der Waals surface area contributed by atoms with Gasteiger partial charge in [-0.05, 0) is 78.2 Å². The topological polar surface area (TPSA) is 51.1 Å². The Kier molecular flexibility index (Phi) is 6.38. The van der Waals surface area contributed by atoms with E-state index >= 15 is 0 Å². The first-order valence-corrected chi connectivity index (χ1v) is 10.6. The Labute approximate surface area is 173 Å². The van der Waals surface area contributed by atoms with Crippen molar-refractivity contribution in [2.45, 2.75) is 59.0 Å². The van der Waals surface area contributed by atoms with Crippen LogP contribution in [0.2, 0.25) is 0 Å². The van der Waals surface area contributed by atoms with Crippen molar-refractivity contribution in [3.8, 4) is 0 Å². The Balaban J connectivity index is 1.97. The minimum absolute atomic E-state index is 0.108. The van der Waals surface area contributed by atoms with Crippen LogP contribution in [0.25, 0.3) is 0 Å². The maximum Gasteiger partial charge on any atom is 0.265 e. The molecule has 0 spiro atoms. The van der Waals surface area contributed by atoms with E-state index in [1.165, 1.54) is 12.1 Å². The third-order valence-corrected chi connectivity index (χ3v) is 6.39. The third-order valence-electron chi connectivity index (χ3n) is 5.45. The molecule has 6 heteroatoms. The highest BCUT2D eigenvalue weighted by atomic mass is 79.9. The monoisotopic (exact) mass is 448 g/mol. The first-order chi connectivity index (χ1) is 13.3. The van der Waals surface area contributed by atoms with Crippen molar-refractivity contribution >= 4 is 21.8 Å². The van der Waals surface area contributed by atoms with Crippen molar-refractivity contribution in [3.63, 3.8) is 0 Å². The summed E-state index contributed by atoms with van der Waals surface area (Å²) >= 11 is 3.37. The number of nitrogens with zero attached hydrogens (tertiary/aromatic N) is 1. The quantitative estimate of drug-likeness (QED) is 0.644. The molecule has 2 aromatic rings. The fraction of sp³-hybridized carbons (Fsp3) is 0.455. The largest absolute Gasteiger partial charge is 0.345 e. The van der Waals surface area contributed by atoms with Gasteiger partial charge in [0, 0.05) is 12.2 Å². The van der Waals surface area contributed by atoms with Gasteiger partial charge in [-0.25, -0.2) is 4.39 Å². The third kappa shape index (κ3) is 4.22. The molecule has 4 nitrogen and oxygen atoms in total. The zero-order valence-electron chi connectivity index (χ0n) is 16.5. The SMILES string of the molecule is CCCCn1c(C)c(C(=O)N[C@H](c2cccc(F)c2)C2CC2)c(C)c(Br)c1=O. The van der Waals surface area contributed by atoms with Crippen LogP contribution in [0, 0.1) is 25.6 Å². The maximum absolute atomic E-state index is 13.7. The van der Waals surface area contributed by atoms with Gasteiger partial charge in [0.1, 0.15) is 5.82 Å². The molecular weight excluding hydrogens is 423 g/mol. The number of halogens is 2. The van der Waals surface area contributed by atoms with Gasteiger partial charge in [-0.3, -0.25) is 9.59 Å². The Morgan fingerprint density at radius 3 is 2.68 bits per heavy atom. The van der Waals surface area contributed by atoms with E-state index in [9.17, 15) is 14.0 Å². The number of carbonyl (C=O) groups excluding carboxylic acids is 1. The van der Waals surface area contributed by atoms with Crippen LogP contribution in [0.15, 0.2) is 33.5 Å². The van der Waals surface area contributed by atoms with Crippen LogP contribution in [0.5, 0.6) is 0 Å². The summed E-state index contributed by atoms with van der Waals surface area (Å²) in [6.45, 7) is 6.25. The lowest BCUT2D eigenvalue weighted by Gasteiger charge is -2.22. The normalized spacial score (nSPS) is 14.8. The fourth-order valence-electron chi connectivity index (χ4n) is 3.68. The molecule has 1 aliphatic rings. The molecule has 3 rings (SSSR count). The van der Waals surface area contributed by atoms with Gasteiger partial charge in [-0.2, -0.15) is 0 Å². The van der Waals surface area contributed by atoms with Gasteiger partial charge in [0.05, 0.1) is 16.1 Å². The predicted octanol–water partition coefficient (Wildman–Crippen LogP) is 5.05. The molecule has 1 fully saturated rings. The van der Waals surface area contributed by atoms with Crippen LogP contribution in [0.3, 0.4) is 0 Å². The summed E-state index contributed by atoms with van der Waals surface area (Å²) in [6, 6.07) is 6.19. The van der Waals surface area contributed by atoms with Gasteiger partial charge in [0.2, 0.25) is 0 Å². The smallest absolute Gasteiger partial charge is 0.265 e. The minimum atomic E-state index is -0.305. The van der Waals surface area contributed by atoms with Crippen LogP contribution >= 0.6 is 15.9 Å². The van der Waals surface area contributed by atoms with Gasteiger partial charge >= 0.3 is 0 Å². The summed E-state index contributed by atoms with van der Waals surface area (Å²) in [4.78, 5) is 25.9. The molecule has 0 unspecified atom stereocenters. The second-order valence-electron chi connectivity index (χ2n) is 7.55. The highest BCUT2D eigenvalue weighted by Gasteiger charge is 2.34. The Hall–Kier alpha value is -1.95. The first-order valence-electron chi connectivity index (χ1n) is 9.81. The van der Waals surface area contributed by atoms with Gasteiger partial charge < -0.3 is 9.88 Å². The molecule has 1 N–H and O–H groups in total. The molecule has 28 heavy (non-hydrogen) atoms. The number of nitrogens with one attached hydrogen (secondary N) is 1. The van der Waals surface area contributed by atoms with Crippen molar-refractivity contribution in [1.82, 2.24) is 9.88 Å². The number of hydrogen-bond donors (Lipinski definition) is 1. The standard InChI is InChI=1S/C22H26BrFN2O2/c1-4-5-11-26-14(3)18(13(2)19(23)22(26)28)21(27)25-20(15-9-10-15)16-7-6-8-17(24)12-16/h6-8,12,15,20H,4-5,9-11H2,1-3H3,(H,25,27)/t20-/m0/s1. The molecule has 1 amide bonds. The Bertz CT molecular complexity index is 950. The lowest BCUT2D eigenvalue weighted by atomic mass is 10.0. The average Bonchev–Trinajstić information content (AvgIpc) is 3.49. The van der Waals surface area contributed by atoms with Crippen LogP contribution in [-0.4, -0.2) is 10.5 Å². The first kappa shape index (κ1) is 20.8. The Morgan fingerprint density at radius 2 is 2.07 bits per heavy atom. The maximum atomic E-state index is 13.7. The molecule has 1 heterocycles. The molecule has 1 atom stereocenters. The molecule has 0 bridgehead atoms. The van der Waals surface area contributed by atoms with E-state index in [0.717, 1.165) is 31.2 Å². The van der Waals surface area contributed by atoms with Crippen molar-refractivity contribution in [2.75, 3.05) is 0 Å². The van der Waals surface area contributed by atoms with Crippen LogP contribution in [-0.2, 0) is 6.54 Å². The van der Waals surface area contributed by atoms with Crippen molar-refractivity contribution in [1.29, 1.82) is 0 Å². The zero-order chi connectivity index (χ0) is 20.4. The van der Waals surface area contributed by atoms with Crippen molar-refractivity contribution < 1.29 is 9.18 Å². The summed E-state index contributed by atoms with van der Waals surface area (Å²) in [5.74, 6) is -0.205. The second-order valence-corrected chi connectivity index (χ2v) is 8.35. The molecule has 0 saturated heterocycles. The van der Waals surface area contributed by atoms with Crippen molar-refractivity contribution in [2.24, 2.45) is 5.92 Å². The lowest BCUT2D eigenvalue weighted by molar-refractivity contribution is 0.0929. The molecule has 0 aliphatic heterocycles. The number of carbonyl (C=O) groups is 1. The Morgan fingerprint density at radius 1 is 1.36 bits per heavy atom. The molecule has 0 radical (unpaired) electrons. The fourth-order valence-corrected chi connectivity index (χ4v) is 4.10. The number of hydrogen-bond acceptors (Lipinski definition) is 2. The number of pyridine rings is 1. The minimum Gasteiger partial charge on any atom is -0.345 e. The number of rotatable bonds is 7. The summed E-state index contributed by atoms with van der Waals surface area (Å²) in [5, 5.41) is 3.11. The van der Waals surface area contributed by atoms with E-state index in [0.29, 0.717) is 33.8 Å². The van der Waals surface area contributed by atoms with Gasteiger partial charge in [-0.1, -0.05) is 25.5 Å². The van der Waals surface area contributed by atoms with Gasteiger partial charge in [0.25, 0.3) is 11.5 Å². The summed E-state index contributed by atoms with van der Waals surface area (Å²) in [6.07, 6.45) is 3.85. The van der Waals surface area contributed by atoms with E-state index in [4.69, 9.17) is 0 Å². The van der Waals surface area contributed by atoms with Gasteiger partial charge in [-0.15, -0.1) is 0 Å². The molecule has 1 aromatic heterocycles. The van der Waals surface area contributed by atoms with E-state index in [1.807, 2.05) is 13.0 Å². The predicted molar refractivity (Wildman–Crippen MR) is 112 cm³/mol. The molecule has 1 aromatic carbocycles. The van der Waals surface area contributed by atoms with Gasteiger partial charge in [0.15, 0.2) is 0 Å². The average molecular weight is 449 g/mol. The van der Waals surface area contributed by atoms with E-state index in [2.05, 4.69) is 28.2 Å². The van der Waals surface area contributed by atoms with Crippen molar-refractivity contribution in [3.05, 3.63) is 67.3 Å². The number of benzene rings is 1. The lowest BCUT2D eigenvalue weighted by Crippen LogP contribution is -2.34. The van der Waals surface area contributed by atoms with E-state index in [1.54, 1.807) is 17.6 Å². The molecular formula is C22H26BrFN2O2. The highest BCUT2D eigenvalue weighted by molar-refractivity contribution is 9.10. The van der Waals surface area contributed by atoms with E-state index < -0.39 is 0 Å². The second kappa shape index (κ2) is 8.60. The number of amides is 1.